The van der Waals surface area contributed by atoms with Crippen LogP contribution in [0.25, 0.3) is 5.65 Å². The van der Waals surface area contributed by atoms with E-state index in [1.807, 2.05) is 12.1 Å². The average Bonchev–Trinajstić information content (AvgIpc) is 3.14. The molecule has 0 N–H and O–H groups in total. The summed E-state index contributed by atoms with van der Waals surface area (Å²) in [7, 11) is -2.00. The molecule has 0 aliphatic rings. The van der Waals surface area contributed by atoms with Gasteiger partial charge >= 0.3 is 0 Å². The lowest BCUT2D eigenvalue weighted by Gasteiger charge is -2.27. The summed E-state index contributed by atoms with van der Waals surface area (Å²) in [5, 5.41) is 4.05. The molecule has 0 bridgehead atoms. The molecule has 0 saturated heterocycles. The van der Waals surface area contributed by atoms with E-state index in [0.717, 1.165) is 26.6 Å². The van der Waals surface area contributed by atoms with Crippen molar-refractivity contribution in [3.63, 3.8) is 0 Å². The fourth-order valence-corrected chi connectivity index (χ4v) is 9.26. The molecule has 2 heterocycles. The SMILES string of the molecule is Brc1ccc([P+](Cc2nc3ccccn3c2Br)(c2ccccc2)c2ccccc2)cc1. The number of hydrogen-bond acceptors (Lipinski definition) is 1. The Kier molecular flexibility index (Phi) is 5.79. The molecule has 0 saturated carbocycles. The molecular weight excluding hydrogens is 531 g/mol. The maximum Gasteiger partial charge on any atom is 0.138 e. The summed E-state index contributed by atoms with van der Waals surface area (Å²) in [6, 6.07) is 36.8. The zero-order valence-electron chi connectivity index (χ0n) is 16.7. The Morgan fingerprint density at radius 2 is 1.19 bits per heavy atom. The van der Waals surface area contributed by atoms with Crippen molar-refractivity contribution in [1.29, 1.82) is 0 Å². The van der Waals surface area contributed by atoms with Crippen molar-refractivity contribution in [2.24, 2.45) is 0 Å². The summed E-state index contributed by atoms with van der Waals surface area (Å²) in [6.45, 7) is 0. The van der Waals surface area contributed by atoms with Gasteiger partial charge in [-0.15, -0.1) is 0 Å². The van der Waals surface area contributed by atoms with Gasteiger partial charge in [-0.05, 0) is 76.6 Å². The normalized spacial score (nSPS) is 11.7. The molecule has 5 aromatic rings. The van der Waals surface area contributed by atoms with Crippen molar-refractivity contribution in [1.82, 2.24) is 9.38 Å². The van der Waals surface area contributed by atoms with Gasteiger partial charge in [-0.25, -0.2) is 4.98 Å². The molecule has 0 spiro atoms. The Morgan fingerprint density at radius 3 is 1.77 bits per heavy atom. The Hall–Kier alpha value is -2.26. The minimum atomic E-state index is -2.00. The molecule has 0 aliphatic heterocycles. The van der Waals surface area contributed by atoms with Gasteiger partial charge in [0.1, 0.15) is 45.3 Å². The number of hydrogen-bond donors (Lipinski definition) is 0. The number of rotatable bonds is 5. The smallest absolute Gasteiger partial charge is 0.138 e. The molecule has 152 valence electrons. The van der Waals surface area contributed by atoms with Gasteiger partial charge < -0.3 is 0 Å². The minimum Gasteiger partial charge on any atom is -0.294 e. The Balaban J connectivity index is 1.80. The van der Waals surface area contributed by atoms with Gasteiger partial charge in [0.2, 0.25) is 0 Å². The van der Waals surface area contributed by atoms with E-state index in [1.54, 1.807) is 0 Å². The molecule has 2 nitrogen and oxygen atoms in total. The highest BCUT2D eigenvalue weighted by atomic mass is 79.9. The third kappa shape index (κ3) is 3.78. The van der Waals surface area contributed by atoms with Crippen LogP contribution >= 0.6 is 39.1 Å². The number of halogens is 2. The highest BCUT2D eigenvalue weighted by Crippen LogP contribution is 2.58. The summed E-state index contributed by atoms with van der Waals surface area (Å²) in [6.07, 6.45) is 2.89. The highest BCUT2D eigenvalue weighted by molar-refractivity contribution is 9.10. The second-order valence-corrected chi connectivity index (χ2v) is 12.5. The quantitative estimate of drug-likeness (QED) is 0.233. The lowest BCUT2D eigenvalue weighted by Crippen LogP contribution is -2.32. The van der Waals surface area contributed by atoms with Crippen molar-refractivity contribution in [3.8, 4) is 0 Å². The van der Waals surface area contributed by atoms with Crippen LogP contribution in [0.5, 0.6) is 0 Å². The van der Waals surface area contributed by atoms with E-state index < -0.39 is 7.26 Å². The first-order valence-corrected chi connectivity index (χ1v) is 13.6. The number of fused-ring (bicyclic) bond motifs is 1. The predicted molar refractivity (Wildman–Crippen MR) is 139 cm³/mol. The van der Waals surface area contributed by atoms with Gasteiger partial charge in [-0.3, -0.25) is 4.40 Å². The van der Waals surface area contributed by atoms with Crippen LogP contribution in [0.2, 0.25) is 0 Å². The predicted octanol–water partition coefficient (Wildman–Crippen LogP) is 6.35. The molecule has 0 amide bonds. The van der Waals surface area contributed by atoms with E-state index in [0.29, 0.717) is 0 Å². The fourth-order valence-electron chi connectivity index (χ4n) is 4.12. The minimum absolute atomic E-state index is 0.838. The second-order valence-electron chi connectivity index (χ2n) is 7.39. The molecule has 0 fully saturated rings. The monoisotopic (exact) mass is 549 g/mol. The summed E-state index contributed by atoms with van der Waals surface area (Å²) >= 11 is 7.46. The van der Waals surface area contributed by atoms with Crippen molar-refractivity contribution in [2.45, 2.75) is 6.16 Å². The Bertz CT molecular complexity index is 1280. The largest absolute Gasteiger partial charge is 0.294 e. The van der Waals surface area contributed by atoms with Crippen molar-refractivity contribution < 1.29 is 0 Å². The maximum absolute atomic E-state index is 5.03. The summed E-state index contributed by atoms with van der Waals surface area (Å²) in [5.74, 6) is 0. The average molecular weight is 551 g/mol. The van der Waals surface area contributed by atoms with Gasteiger partial charge in [0, 0.05) is 10.7 Å². The molecule has 0 atom stereocenters. The third-order valence-corrected chi connectivity index (χ3v) is 11.3. The molecule has 0 radical (unpaired) electrons. The first-order chi connectivity index (χ1) is 15.2. The van der Waals surface area contributed by atoms with Crippen LogP contribution < -0.4 is 15.9 Å². The Morgan fingerprint density at radius 1 is 0.645 bits per heavy atom. The molecule has 0 aliphatic carbocycles. The van der Waals surface area contributed by atoms with Crippen LogP contribution in [0.1, 0.15) is 5.69 Å². The van der Waals surface area contributed by atoms with Gasteiger partial charge in [-0.2, -0.15) is 0 Å². The van der Waals surface area contributed by atoms with E-state index in [1.165, 1.54) is 15.9 Å². The van der Waals surface area contributed by atoms with E-state index in [4.69, 9.17) is 4.98 Å². The number of benzene rings is 3. The van der Waals surface area contributed by atoms with Crippen LogP contribution in [-0.2, 0) is 6.16 Å². The van der Waals surface area contributed by atoms with Crippen LogP contribution in [-0.4, -0.2) is 9.38 Å². The fraction of sp³-hybridized carbons (Fsp3) is 0.0385. The second kappa shape index (κ2) is 8.70. The van der Waals surface area contributed by atoms with E-state index >= 15 is 0 Å². The van der Waals surface area contributed by atoms with Gasteiger partial charge in [-0.1, -0.05) is 58.4 Å². The zero-order valence-corrected chi connectivity index (χ0v) is 20.8. The van der Waals surface area contributed by atoms with Crippen LogP contribution in [0.4, 0.5) is 0 Å². The molecule has 2 aromatic heterocycles. The van der Waals surface area contributed by atoms with Crippen LogP contribution in [0, 0.1) is 0 Å². The number of nitrogens with zero attached hydrogens (tertiary/aromatic N) is 2. The zero-order chi connectivity index (χ0) is 21.3. The van der Waals surface area contributed by atoms with Crippen LogP contribution in [0.15, 0.2) is 118 Å². The van der Waals surface area contributed by atoms with Gasteiger partial charge in [0.25, 0.3) is 0 Å². The van der Waals surface area contributed by atoms with E-state index in [2.05, 4.69) is 133 Å². The molecule has 5 rings (SSSR count). The van der Waals surface area contributed by atoms with E-state index in [9.17, 15) is 0 Å². The molecular formula is C26H20Br2N2P+. The first kappa shape index (κ1) is 20.6. The van der Waals surface area contributed by atoms with Crippen molar-refractivity contribution >= 4 is 60.7 Å². The Labute approximate surface area is 199 Å². The lowest BCUT2D eigenvalue weighted by molar-refractivity contribution is 1.14. The molecule has 31 heavy (non-hydrogen) atoms. The topological polar surface area (TPSA) is 17.3 Å². The molecule has 5 heteroatoms. The number of imidazole rings is 1. The van der Waals surface area contributed by atoms with Crippen molar-refractivity contribution in [3.05, 3.63) is 124 Å². The van der Waals surface area contributed by atoms with Crippen molar-refractivity contribution in [2.75, 3.05) is 0 Å². The van der Waals surface area contributed by atoms with Gasteiger partial charge in [0.05, 0.1) is 0 Å². The summed E-state index contributed by atoms with van der Waals surface area (Å²) in [4.78, 5) is 5.03. The highest BCUT2D eigenvalue weighted by Gasteiger charge is 2.46. The third-order valence-electron chi connectivity index (χ3n) is 5.59. The summed E-state index contributed by atoms with van der Waals surface area (Å²) < 4.78 is 4.22. The number of aromatic nitrogens is 2. The standard InChI is InChI=1S/C26H20Br2N2P/c27-20-14-16-23(17-15-20)31(21-9-3-1-4-10-21,22-11-5-2-6-12-22)19-24-26(28)30-18-8-7-13-25(30)29-24/h1-18H,19H2/q+1. The molecule has 0 unspecified atom stereocenters. The van der Waals surface area contributed by atoms with Crippen LogP contribution in [0.3, 0.4) is 0 Å². The number of pyridine rings is 1. The summed E-state index contributed by atoms with van der Waals surface area (Å²) in [5.41, 5.74) is 2.04. The molecule has 3 aromatic carbocycles. The van der Waals surface area contributed by atoms with E-state index in [-0.39, 0.29) is 0 Å². The van der Waals surface area contributed by atoms with Gasteiger partial charge in [0.15, 0.2) is 0 Å². The lowest BCUT2D eigenvalue weighted by atomic mass is 10.3. The maximum atomic E-state index is 5.03. The first-order valence-electron chi connectivity index (χ1n) is 10.1.